The van der Waals surface area contributed by atoms with Gasteiger partial charge < -0.3 is 10.1 Å². The molecule has 0 spiro atoms. The van der Waals surface area contributed by atoms with E-state index in [0.29, 0.717) is 5.90 Å². The van der Waals surface area contributed by atoms with Crippen molar-refractivity contribution in [1.82, 2.24) is 0 Å². The highest BCUT2D eigenvalue weighted by Gasteiger charge is 1.96. The zero-order valence-corrected chi connectivity index (χ0v) is 12.0. The molecule has 3 heteroatoms. The van der Waals surface area contributed by atoms with Gasteiger partial charge in [0.1, 0.15) is 0 Å². The second-order valence-corrected chi connectivity index (χ2v) is 4.91. The first-order valence-corrected chi connectivity index (χ1v) is 7.41. The van der Waals surface area contributed by atoms with Gasteiger partial charge in [0.15, 0.2) is 5.90 Å². The summed E-state index contributed by atoms with van der Waals surface area (Å²) in [6.07, 6.45) is 16.1. The maximum atomic E-state index is 7.34. The van der Waals surface area contributed by atoms with Gasteiger partial charge in [0.2, 0.25) is 0 Å². The molecule has 0 aliphatic rings. The zero-order valence-electron chi connectivity index (χ0n) is 12.0. The Kier molecular flexibility index (Phi) is 13.5. The number of hydrogen-bond acceptors (Lipinski definition) is 3. The van der Waals surface area contributed by atoms with E-state index in [4.69, 9.17) is 15.6 Å². The van der Waals surface area contributed by atoms with Crippen LogP contribution in [0.5, 0.6) is 0 Å². The average molecular weight is 254 g/mol. The van der Waals surface area contributed by atoms with E-state index in [1.807, 2.05) is 0 Å². The van der Waals surface area contributed by atoms with E-state index >= 15 is 0 Å². The number of rotatable bonds is 13. The van der Waals surface area contributed by atoms with Gasteiger partial charge in [-0.3, -0.25) is 5.41 Å². The first kappa shape index (κ1) is 17.1. The van der Waals surface area contributed by atoms with Crippen LogP contribution in [0.15, 0.2) is 0 Å². The Morgan fingerprint density at radius 1 is 0.833 bits per heavy atom. The van der Waals surface area contributed by atoms with Gasteiger partial charge in [0.05, 0.1) is 7.11 Å². The summed E-state index contributed by atoms with van der Waals surface area (Å²) in [5, 5.41) is 14.3. The second kappa shape index (κ2) is 14.2. The third-order valence-corrected chi connectivity index (χ3v) is 3.25. The summed E-state index contributed by atoms with van der Waals surface area (Å²) >= 11 is 0. The van der Waals surface area contributed by atoms with Crippen LogP contribution in [0.25, 0.3) is 0 Å². The molecule has 3 nitrogen and oxygen atoms in total. The number of unbranched alkanes of at least 4 members (excludes halogenated alkanes) is 10. The molecule has 0 saturated carbocycles. The highest BCUT2D eigenvalue weighted by molar-refractivity contribution is 5.72. The Bertz CT molecular complexity index is 205. The largest absolute Gasteiger partial charge is 0.484 e. The van der Waals surface area contributed by atoms with E-state index in [1.54, 1.807) is 7.11 Å². The highest BCUT2D eigenvalue weighted by Crippen LogP contribution is 2.11. The third kappa shape index (κ3) is 13.2. The van der Waals surface area contributed by atoms with Crippen molar-refractivity contribution in [1.29, 1.82) is 10.8 Å². The molecule has 0 saturated heterocycles. The molecule has 18 heavy (non-hydrogen) atoms. The SMILES string of the molecule is COC(=N)CCCCCCCCCCCCC=N. The molecule has 0 heterocycles. The smallest absolute Gasteiger partial charge is 0.180 e. The summed E-state index contributed by atoms with van der Waals surface area (Å²) in [5.74, 6) is 0.417. The minimum atomic E-state index is 0.417. The van der Waals surface area contributed by atoms with Crippen LogP contribution in [0.2, 0.25) is 0 Å². The lowest BCUT2D eigenvalue weighted by Crippen LogP contribution is -1.97. The maximum absolute atomic E-state index is 7.34. The molecule has 106 valence electrons. The van der Waals surface area contributed by atoms with Crippen LogP contribution in [-0.2, 0) is 4.74 Å². The monoisotopic (exact) mass is 254 g/mol. The fourth-order valence-electron chi connectivity index (χ4n) is 2.05. The normalized spacial score (nSPS) is 10.3. The minimum Gasteiger partial charge on any atom is -0.484 e. The third-order valence-electron chi connectivity index (χ3n) is 3.25. The lowest BCUT2D eigenvalue weighted by molar-refractivity contribution is 0.382. The van der Waals surface area contributed by atoms with E-state index in [2.05, 4.69) is 0 Å². The fraction of sp³-hybridized carbons (Fsp3) is 0.867. The summed E-state index contributed by atoms with van der Waals surface area (Å²) in [4.78, 5) is 0. The van der Waals surface area contributed by atoms with Crippen LogP contribution in [0.1, 0.15) is 77.0 Å². The van der Waals surface area contributed by atoms with Gasteiger partial charge in [-0.05, 0) is 25.5 Å². The van der Waals surface area contributed by atoms with Crippen molar-refractivity contribution in [2.75, 3.05) is 7.11 Å². The van der Waals surface area contributed by atoms with Crippen molar-refractivity contribution in [3.63, 3.8) is 0 Å². The lowest BCUT2D eigenvalue weighted by Gasteiger charge is -2.03. The maximum Gasteiger partial charge on any atom is 0.180 e. The predicted octanol–water partition coefficient (Wildman–Crippen LogP) is 4.94. The quantitative estimate of drug-likeness (QED) is 0.273. The van der Waals surface area contributed by atoms with Gasteiger partial charge in [-0.25, -0.2) is 0 Å². The number of ether oxygens (including phenoxy) is 1. The van der Waals surface area contributed by atoms with Gasteiger partial charge >= 0.3 is 0 Å². The molecule has 2 N–H and O–H groups in total. The molecule has 0 rings (SSSR count). The van der Waals surface area contributed by atoms with Crippen molar-refractivity contribution in [3.8, 4) is 0 Å². The van der Waals surface area contributed by atoms with Gasteiger partial charge in [-0.2, -0.15) is 0 Å². The molecule has 0 aromatic carbocycles. The summed E-state index contributed by atoms with van der Waals surface area (Å²) in [6.45, 7) is 0. The molecule has 0 fully saturated rings. The molecule has 0 aliphatic heterocycles. The molecule has 0 aromatic rings. The molecule has 0 aliphatic carbocycles. The van der Waals surface area contributed by atoms with Gasteiger partial charge in [0.25, 0.3) is 0 Å². The van der Waals surface area contributed by atoms with E-state index in [0.717, 1.165) is 19.3 Å². The van der Waals surface area contributed by atoms with E-state index in [-0.39, 0.29) is 0 Å². The fourth-order valence-corrected chi connectivity index (χ4v) is 2.05. The van der Waals surface area contributed by atoms with E-state index in [9.17, 15) is 0 Å². The standard InChI is InChI=1S/C15H30N2O/c1-18-15(17)13-11-9-7-5-3-2-4-6-8-10-12-14-16/h14,16-17H,2-13H2,1H3. The number of nitrogens with one attached hydrogen (secondary N) is 2. The van der Waals surface area contributed by atoms with Crippen LogP contribution < -0.4 is 0 Å². The molecule has 0 atom stereocenters. The summed E-state index contributed by atoms with van der Waals surface area (Å²) in [6, 6.07) is 0. The first-order chi connectivity index (χ1) is 8.81. The van der Waals surface area contributed by atoms with Gasteiger partial charge in [-0.15, -0.1) is 0 Å². The summed E-state index contributed by atoms with van der Waals surface area (Å²) < 4.78 is 4.82. The predicted molar refractivity (Wildman–Crippen MR) is 78.9 cm³/mol. The van der Waals surface area contributed by atoms with Crippen LogP contribution >= 0.6 is 0 Å². The Hall–Kier alpha value is -0.860. The van der Waals surface area contributed by atoms with Gasteiger partial charge in [-0.1, -0.05) is 51.4 Å². The van der Waals surface area contributed by atoms with Crippen molar-refractivity contribution in [3.05, 3.63) is 0 Å². The average Bonchev–Trinajstić information content (AvgIpc) is 2.39. The van der Waals surface area contributed by atoms with E-state index < -0.39 is 0 Å². The van der Waals surface area contributed by atoms with Crippen molar-refractivity contribution in [2.24, 2.45) is 0 Å². The van der Waals surface area contributed by atoms with Crippen molar-refractivity contribution < 1.29 is 4.74 Å². The Balaban J connectivity index is 2.98. The van der Waals surface area contributed by atoms with E-state index in [1.165, 1.54) is 64.0 Å². The zero-order chi connectivity index (χ0) is 13.5. The molecule has 0 bridgehead atoms. The van der Waals surface area contributed by atoms with Crippen molar-refractivity contribution in [2.45, 2.75) is 77.0 Å². The molecule has 0 aromatic heterocycles. The van der Waals surface area contributed by atoms with Crippen LogP contribution in [0, 0.1) is 10.8 Å². The summed E-state index contributed by atoms with van der Waals surface area (Å²) in [5.41, 5.74) is 0. The van der Waals surface area contributed by atoms with Crippen molar-refractivity contribution >= 4 is 12.1 Å². The summed E-state index contributed by atoms with van der Waals surface area (Å²) in [7, 11) is 1.57. The second-order valence-electron chi connectivity index (χ2n) is 4.91. The molecule has 0 radical (unpaired) electrons. The number of hydrogen-bond donors (Lipinski definition) is 2. The van der Waals surface area contributed by atoms with Gasteiger partial charge in [0, 0.05) is 6.42 Å². The lowest BCUT2D eigenvalue weighted by atomic mass is 10.1. The Labute approximate surface area is 112 Å². The van der Waals surface area contributed by atoms with Crippen LogP contribution in [0.4, 0.5) is 0 Å². The molecule has 0 unspecified atom stereocenters. The highest BCUT2D eigenvalue weighted by atomic mass is 16.5. The number of methoxy groups -OCH3 is 1. The minimum absolute atomic E-state index is 0.417. The van der Waals surface area contributed by atoms with Crippen LogP contribution in [-0.4, -0.2) is 19.2 Å². The first-order valence-electron chi connectivity index (χ1n) is 7.41. The van der Waals surface area contributed by atoms with Crippen LogP contribution in [0.3, 0.4) is 0 Å². The molecular weight excluding hydrogens is 224 g/mol. The molecule has 0 amide bonds. The Morgan fingerprint density at radius 2 is 1.28 bits per heavy atom. The molecular formula is C15H30N2O. The topological polar surface area (TPSA) is 56.9 Å². The Morgan fingerprint density at radius 3 is 1.72 bits per heavy atom.